The van der Waals surface area contributed by atoms with E-state index in [1.807, 2.05) is 18.2 Å². The molecule has 2 aliphatic rings. The van der Waals surface area contributed by atoms with Gasteiger partial charge in [-0.05, 0) is 23.8 Å². The topological polar surface area (TPSA) is 112 Å². The molecule has 10 nitrogen and oxygen atoms in total. The number of pyridine rings is 2. The minimum Gasteiger partial charge on any atom is -0.491 e. The summed E-state index contributed by atoms with van der Waals surface area (Å²) in [6.45, 7) is 1.71. The molecule has 1 fully saturated rings. The number of aromatic nitrogens is 2. The number of carbonyl (C=O) groups excluding carboxylic acids is 2. The molecule has 1 aromatic carbocycles. The molecule has 2 aromatic heterocycles. The Morgan fingerprint density at radius 1 is 1.08 bits per heavy atom. The first-order valence-corrected chi connectivity index (χ1v) is 12.9. The van der Waals surface area contributed by atoms with Crippen LogP contribution < -0.4 is 19.5 Å². The third-order valence-electron chi connectivity index (χ3n) is 6.81. The summed E-state index contributed by atoms with van der Waals surface area (Å²) in [4.78, 5) is 35.9. The van der Waals surface area contributed by atoms with Crippen molar-refractivity contribution in [1.82, 2.24) is 20.2 Å². The number of hydrogen-bond acceptors (Lipinski definition) is 8. The Bertz CT molecular complexity index is 1340. The number of ether oxygens (including phenoxy) is 4. The van der Waals surface area contributed by atoms with Crippen LogP contribution in [0.2, 0.25) is 0 Å². The summed E-state index contributed by atoms with van der Waals surface area (Å²) in [5.74, 6) is 1.06. The standard InChI is InChI=1S/C29H32N4O6/c1-33(2)29(35)24-13-19(16-31-28(24)36-3)22-5-4-6-25-23(22)14-20(17-38-25)32-27(34)18-7-8-26(30-15-18)39-21-9-11-37-12-10-21/h4-8,13,15-16,20-21H,9-12,14,17H2,1-3H3,(H,32,34)/t20-/m0/s1. The maximum absolute atomic E-state index is 13.0. The van der Waals surface area contributed by atoms with Crippen LogP contribution in [0.1, 0.15) is 39.1 Å². The van der Waals surface area contributed by atoms with Crippen LogP contribution in [0, 0.1) is 0 Å². The highest BCUT2D eigenvalue weighted by Crippen LogP contribution is 2.35. The monoisotopic (exact) mass is 532 g/mol. The van der Waals surface area contributed by atoms with Gasteiger partial charge in [0.2, 0.25) is 11.8 Å². The first-order chi connectivity index (χ1) is 18.9. The molecular formula is C29H32N4O6. The van der Waals surface area contributed by atoms with E-state index in [-0.39, 0.29) is 29.8 Å². The molecule has 1 saturated heterocycles. The number of nitrogens with one attached hydrogen (secondary N) is 1. The Balaban J connectivity index is 1.30. The summed E-state index contributed by atoms with van der Waals surface area (Å²) in [6, 6.07) is 10.7. The second-order valence-electron chi connectivity index (χ2n) is 9.76. The fraction of sp³-hybridized carbons (Fsp3) is 0.379. The van der Waals surface area contributed by atoms with Gasteiger partial charge in [-0.3, -0.25) is 9.59 Å². The molecule has 39 heavy (non-hydrogen) atoms. The van der Waals surface area contributed by atoms with Gasteiger partial charge in [0.05, 0.1) is 31.9 Å². The molecule has 1 N–H and O–H groups in total. The van der Waals surface area contributed by atoms with E-state index in [2.05, 4.69) is 15.3 Å². The minimum atomic E-state index is -0.251. The molecule has 5 rings (SSSR count). The maximum Gasteiger partial charge on any atom is 0.258 e. The number of carbonyl (C=O) groups is 2. The third kappa shape index (κ3) is 5.96. The van der Waals surface area contributed by atoms with Crippen molar-refractivity contribution in [3.05, 3.63) is 65.5 Å². The van der Waals surface area contributed by atoms with Crippen LogP contribution >= 0.6 is 0 Å². The SMILES string of the molecule is COc1ncc(-c2cccc3c2C[C@H](NC(=O)c2ccc(OC4CCOCC4)nc2)CO3)cc1C(=O)N(C)C. The van der Waals surface area contributed by atoms with Crippen molar-refractivity contribution in [3.8, 4) is 28.6 Å². The number of amides is 2. The summed E-state index contributed by atoms with van der Waals surface area (Å²) in [7, 11) is 4.85. The Kier molecular flexibility index (Phi) is 7.92. The van der Waals surface area contributed by atoms with Crippen molar-refractivity contribution in [2.75, 3.05) is 41.0 Å². The molecule has 0 bridgehead atoms. The van der Waals surface area contributed by atoms with E-state index >= 15 is 0 Å². The molecule has 10 heteroatoms. The zero-order chi connectivity index (χ0) is 27.4. The maximum atomic E-state index is 13.0. The molecule has 204 valence electrons. The van der Waals surface area contributed by atoms with Crippen LogP contribution in [0.15, 0.2) is 48.8 Å². The molecule has 0 aliphatic carbocycles. The fourth-order valence-electron chi connectivity index (χ4n) is 4.74. The van der Waals surface area contributed by atoms with Gasteiger partial charge >= 0.3 is 0 Å². The van der Waals surface area contributed by atoms with Crippen molar-refractivity contribution >= 4 is 11.8 Å². The normalized spacial score (nSPS) is 16.9. The highest BCUT2D eigenvalue weighted by molar-refractivity contribution is 5.97. The Hall–Kier alpha value is -4.18. The molecule has 3 aromatic rings. The van der Waals surface area contributed by atoms with Crippen LogP contribution in [0.5, 0.6) is 17.5 Å². The van der Waals surface area contributed by atoms with E-state index in [0.717, 1.165) is 35.3 Å². The second kappa shape index (κ2) is 11.7. The van der Waals surface area contributed by atoms with E-state index in [1.54, 1.807) is 38.5 Å². The predicted octanol–water partition coefficient (Wildman–Crippen LogP) is 3.15. The lowest BCUT2D eigenvalue weighted by Gasteiger charge is -2.28. The van der Waals surface area contributed by atoms with Crippen molar-refractivity contribution < 1.29 is 28.5 Å². The van der Waals surface area contributed by atoms with Gasteiger partial charge in [-0.15, -0.1) is 0 Å². The first kappa shape index (κ1) is 26.4. The summed E-state index contributed by atoms with van der Waals surface area (Å²) < 4.78 is 22.6. The summed E-state index contributed by atoms with van der Waals surface area (Å²) >= 11 is 0. The lowest BCUT2D eigenvalue weighted by Crippen LogP contribution is -2.42. The van der Waals surface area contributed by atoms with Crippen LogP contribution in [-0.4, -0.2) is 79.9 Å². The highest BCUT2D eigenvalue weighted by atomic mass is 16.5. The average Bonchev–Trinajstić information content (AvgIpc) is 2.97. The molecule has 2 aliphatic heterocycles. The quantitative estimate of drug-likeness (QED) is 0.494. The van der Waals surface area contributed by atoms with Crippen molar-refractivity contribution in [2.24, 2.45) is 0 Å². The van der Waals surface area contributed by atoms with E-state index in [9.17, 15) is 9.59 Å². The number of hydrogen-bond donors (Lipinski definition) is 1. The van der Waals surface area contributed by atoms with Gasteiger partial charge in [-0.25, -0.2) is 9.97 Å². The Morgan fingerprint density at radius 2 is 1.90 bits per heavy atom. The Morgan fingerprint density at radius 3 is 2.62 bits per heavy atom. The van der Waals surface area contributed by atoms with E-state index in [0.29, 0.717) is 43.2 Å². The predicted molar refractivity (Wildman–Crippen MR) is 143 cm³/mol. The molecule has 1 atom stereocenters. The molecular weight excluding hydrogens is 500 g/mol. The van der Waals surface area contributed by atoms with Crippen LogP contribution in [0.4, 0.5) is 0 Å². The van der Waals surface area contributed by atoms with Crippen molar-refractivity contribution in [2.45, 2.75) is 31.4 Å². The molecule has 2 amide bonds. The highest BCUT2D eigenvalue weighted by Gasteiger charge is 2.26. The molecule has 0 radical (unpaired) electrons. The smallest absolute Gasteiger partial charge is 0.258 e. The Labute approximate surface area is 227 Å². The molecule has 0 unspecified atom stereocenters. The van der Waals surface area contributed by atoms with E-state index in [1.165, 1.54) is 18.2 Å². The fourth-order valence-corrected chi connectivity index (χ4v) is 4.74. The lowest BCUT2D eigenvalue weighted by atomic mass is 9.93. The first-order valence-electron chi connectivity index (χ1n) is 12.9. The van der Waals surface area contributed by atoms with Crippen LogP contribution in [0.3, 0.4) is 0 Å². The number of fused-ring (bicyclic) bond motifs is 1. The largest absolute Gasteiger partial charge is 0.491 e. The van der Waals surface area contributed by atoms with Gasteiger partial charge < -0.3 is 29.2 Å². The summed E-state index contributed by atoms with van der Waals surface area (Å²) in [6.07, 6.45) is 5.50. The molecule has 4 heterocycles. The summed E-state index contributed by atoms with van der Waals surface area (Å²) in [5, 5.41) is 3.06. The zero-order valence-electron chi connectivity index (χ0n) is 22.3. The number of benzene rings is 1. The molecule has 0 spiro atoms. The van der Waals surface area contributed by atoms with Gasteiger partial charge in [0, 0.05) is 62.9 Å². The van der Waals surface area contributed by atoms with Crippen LogP contribution in [-0.2, 0) is 11.2 Å². The molecule has 0 saturated carbocycles. The number of nitrogens with zero attached hydrogens (tertiary/aromatic N) is 3. The number of rotatable bonds is 7. The van der Waals surface area contributed by atoms with E-state index in [4.69, 9.17) is 18.9 Å². The zero-order valence-corrected chi connectivity index (χ0v) is 22.3. The average molecular weight is 533 g/mol. The second-order valence-corrected chi connectivity index (χ2v) is 9.76. The van der Waals surface area contributed by atoms with Gasteiger partial charge in [-0.1, -0.05) is 12.1 Å². The lowest BCUT2D eigenvalue weighted by molar-refractivity contribution is 0.0237. The minimum absolute atomic E-state index is 0.0811. The van der Waals surface area contributed by atoms with Gasteiger partial charge in [0.1, 0.15) is 24.0 Å². The van der Waals surface area contributed by atoms with Crippen molar-refractivity contribution in [3.63, 3.8) is 0 Å². The number of methoxy groups -OCH3 is 1. The van der Waals surface area contributed by atoms with Gasteiger partial charge in [0.15, 0.2) is 0 Å². The van der Waals surface area contributed by atoms with E-state index < -0.39 is 0 Å². The van der Waals surface area contributed by atoms with Crippen LogP contribution in [0.25, 0.3) is 11.1 Å². The third-order valence-corrected chi connectivity index (χ3v) is 6.81. The summed E-state index contributed by atoms with van der Waals surface area (Å²) in [5.41, 5.74) is 3.39. The van der Waals surface area contributed by atoms with Gasteiger partial charge in [-0.2, -0.15) is 0 Å². The van der Waals surface area contributed by atoms with Crippen molar-refractivity contribution in [1.29, 1.82) is 0 Å². The van der Waals surface area contributed by atoms with Gasteiger partial charge in [0.25, 0.3) is 11.8 Å².